The number of ether oxygens (including phenoxy) is 2. The Bertz CT molecular complexity index is 879. The van der Waals surface area contributed by atoms with Crippen LogP contribution in [0.4, 0.5) is 5.69 Å². The lowest BCUT2D eigenvalue weighted by Gasteiger charge is -2.34. The molecule has 188 valence electrons. The molecule has 1 heterocycles. The molecule has 1 aliphatic rings. The number of sulfonamides is 1. The van der Waals surface area contributed by atoms with Crippen LogP contribution in [0.25, 0.3) is 0 Å². The van der Waals surface area contributed by atoms with Gasteiger partial charge in [0.05, 0.1) is 36.7 Å². The van der Waals surface area contributed by atoms with Crippen LogP contribution in [0, 0.1) is 5.92 Å². The summed E-state index contributed by atoms with van der Waals surface area (Å²) >= 11 is 0. The van der Waals surface area contributed by atoms with Gasteiger partial charge in [0.25, 0.3) is 5.91 Å². The molecule has 0 saturated carbocycles. The second kappa shape index (κ2) is 12.5. The molecule has 1 aromatic rings. The number of nitrogens with one attached hydrogen (secondary N) is 2. The summed E-state index contributed by atoms with van der Waals surface area (Å²) in [5, 5.41) is 13.0. The van der Waals surface area contributed by atoms with Crippen LogP contribution in [-0.4, -0.2) is 82.2 Å². The number of anilines is 1. The van der Waals surface area contributed by atoms with Gasteiger partial charge in [-0.05, 0) is 58.4 Å². The van der Waals surface area contributed by atoms with Crippen molar-refractivity contribution in [1.29, 1.82) is 0 Å². The number of likely N-dealkylation sites (N-methyl/N-ethyl adjacent to an activating group) is 1. The summed E-state index contributed by atoms with van der Waals surface area (Å²) in [5.74, 6) is 0.0661. The Labute approximate surface area is 197 Å². The Morgan fingerprint density at radius 2 is 2.00 bits per heavy atom. The first-order valence-corrected chi connectivity index (χ1v) is 13.4. The Balaban J connectivity index is 2.51. The number of benzene rings is 1. The van der Waals surface area contributed by atoms with Crippen molar-refractivity contribution in [3.63, 3.8) is 0 Å². The van der Waals surface area contributed by atoms with Crippen molar-refractivity contribution in [2.75, 3.05) is 44.3 Å². The van der Waals surface area contributed by atoms with Gasteiger partial charge in [0.2, 0.25) is 10.0 Å². The monoisotopic (exact) mass is 485 g/mol. The second-order valence-electron chi connectivity index (χ2n) is 8.94. The van der Waals surface area contributed by atoms with Gasteiger partial charge >= 0.3 is 0 Å². The van der Waals surface area contributed by atoms with Crippen LogP contribution in [0.15, 0.2) is 18.2 Å². The number of carbonyl (C=O) groups is 1. The summed E-state index contributed by atoms with van der Waals surface area (Å²) < 4.78 is 38.2. The average molecular weight is 486 g/mol. The van der Waals surface area contributed by atoms with Crippen LogP contribution >= 0.6 is 0 Å². The summed E-state index contributed by atoms with van der Waals surface area (Å²) in [6, 6.07) is 4.27. The molecule has 4 atom stereocenters. The number of aliphatic hydroxyl groups is 1. The quantitative estimate of drug-likeness (QED) is 0.565. The van der Waals surface area contributed by atoms with Gasteiger partial charge in [0.1, 0.15) is 5.75 Å². The third-order valence-electron chi connectivity index (χ3n) is 5.76. The Hall–Kier alpha value is -1.88. The molecule has 10 heteroatoms. The maximum Gasteiger partial charge on any atom is 0.258 e. The first kappa shape index (κ1) is 27.4. The van der Waals surface area contributed by atoms with Gasteiger partial charge in [-0.1, -0.05) is 6.92 Å². The van der Waals surface area contributed by atoms with Crippen LogP contribution in [0.3, 0.4) is 0 Å². The van der Waals surface area contributed by atoms with Gasteiger partial charge in [-0.3, -0.25) is 9.52 Å². The molecule has 0 radical (unpaired) electrons. The second-order valence-corrected chi connectivity index (χ2v) is 10.7. The SMILES string of the molecule is CNC[C@H]1OCCCC[C@@H](C)Oc2ccc(NS(C)(=O)=O)cc2C(=O)N([C@H](C)CO)C[C@H]1C. The van der Waals surface area contributed by atoms with E-state index in [9.17, 15) is 18.3 Å². The van der Waals surface area contributed by atoms with Crippen molar-refractivity contribution >= 4 is 21.6 Å². The fourth-order valence-corrected chi connectivity index (χ4v) is 4.45. The van der Waals surface area contributed by atoms with Crippen molar-refractivity contribution in [3.05, 3.63) is 23.8 Å². The van der Waals surface area contributed by atoms with Gasteiger partial charge in [-0.2, -0.15) is 0 Å². The zero-order valence-electron chi connectivity index (χ0n) is 20.3. The predicted octanol–water partition coefficient (Wildman–Crippen LogP) is 2.07. The lowest BCUT2D eigenvalue weighted by molar-refractivity contribution is -0.000450. The fraction of sp³-hybridized carbons (Fsp3) is 0.696. The van der Waals surface area contributed by atoms with Gasteiger partial charge in [-0.25, -0.2) is 8.42 Å². The number of hydrogen-bond acceptors (Lipinski definition) is 7. The summed E-state index contributed by atoms with van der Waals surface area (Å²) in [5.41, 5.74) is 0.536. The minimum Gasteiger partial charge on any atom is -0.490 e. The number of aliphatic hydroxyl groups excluding tert-OH is 1. The molecule has 0 aliphatic carbocycles. The molecule has 1 aliphatic heterocycles. The first-order valence-electron chi connectivity index (χ1n) is 11.5. The summed E-state index contributed by atoms with van der Waals surface area (Å²) in [6.45, 7) is 7.20. The molecule has 9 nitrogen and oxygen atoms in total. The number of fused-ring (bicyclic) bond motifs is 1. The molecule has 3 N–H and O–H groups in total. The van der Waals surface area contributed by atoms with Crippen LogP contribution in [0.2, 0.25) is 0 Å². The normalized spacial score (nSPS) is 24.4. The molecule has 0 bridgehead atoms. The Morgan fingerprint density at radius 1 is 1.27 bits per heavy atom. The molecule has 1 aromatic carbocycles. The number of amides is 1. The molecular formula is C23H39N3O6S. The number of hydrogen-bond donors (Lipinski definition) is 3. The van der Waals surface area contributed by atoms with E-state index in [-0.39, 0.29) is 41.9 Å². The van der Waals surface area contributed by atoms with E-state index in [1.54, 1.807) is 24.0 Å². The third kappa shape index (κ3) is 8.44. The van der Waals surface area contributed by atoms with E-state index in [4.69, 9.17) is 9.47 Å². The molecule has 0 unspecified atom stereocenters. The minimum atomic E-state index is -3.52. The van der Waals surface area contributed by atoms with Crippen molar-refractivity contribution in [2.24, 2.45) is 5.92 Å². The summed E-state index contributed by atoms with van der Waals surface area (Å²) in [6.07, 6.45) is 3.45. The highest BCUT2D eigenvalue weighted by Gasteiger charge is 2.29. The smallest absolute Gasteiger partial charge is 0.258 e. The molecule has 33 heavy (non-hydrogen) atoms. The van der Waals surface area contributed by atoms with Gasteiger partial charge in [-0.15, -0.1) is 0 Å². The molecule has 0 spiro atoms. The van der Waals surface area contributed by atoms with Crippen LogP contribution in [0.5, 0.6) is 5.75 Å². The maximum absolute atomic E-state index is 13.7. The minimum absolute atomic E-state index is 0.000963. The first-order chi connectivity index (χ1) is 15.6. The maximum atomic E-state index is 13.7. The van der Waals surface area contributed by atoms with Gasteiger partial charge in [0.15, 0.2) is 0 Å². The van der Waals surface area contributed by atoms with Gasteiger partial charge < -0.3 is 24.8 Å². The van der Waals surface area contributed by atoms with E-state index in [0.717, 1.165) is 25.5 Å². The fourth-order valence-electron chi connectivity index (χ4n) is 3.89. The van der Waals surface area contributed by atoms with Crippen molar-refractivity contribution in [3.8, 4) is 5.75 Å². The van der Waals surface area contributed by atoms with Gasteiger partial charge in [0, 0.05) is 31.3 Å². The molecule has 2 rings (SSSR count). The van der Waals surface area contributed by atoms with Crippen LogP contribution < -0.4 is 14.8 Å². The topological polar surface area (TPSA) is 117 Å². The lowest BCUT2D eigenvalue weighted by atomic mass is 10.0. The Morgan fingerprint density at radius 3 is 2.64 bits per heavy atom. The van der Waals surface area contributed by atoms with Crippen LogP contribution in [-0.2, 0) is 14.8 Å². The highest BCUT2D eigenvalue weighted by molar-refractivity contribution is 7.92. The zero-order valence-corrected chi connectivity index (χ0v) is 21.2. The van der Waals surface area contributed by atoms with E-state index in [0.29, 0.717) is 25.4 Å². The molecule has 1 amide bonds. The molecular weight excluding hydrogens is 446 g/mol. The largest absolute Gasteiger partial charge is 0.490 e. The van der Waals surface area contributed by atoms with Crippen molar-refractivity contribution in [1.82, 2.24) is 10.2 Å². The van der Waals surface area contributed by atoms with E-state index < -0.39 is 16.1 Å². The average Bonchev–Trinajstić information content (AvgIpc) is 2.74. The van der Waals surface area contributed by atoms with Crippen molar-refractivity contribution < 1.29 is 27.8 Å². The molecule has 0 saturated heterocycles. The highest BCUT2D eigenvalue weighted by atomic mass is 32.2. The number of carbonyl (C=O) groups excluding carboxylic acids is 1. The summed E-state index contributed by atoms with van der Waals surface area (Å²) in [7, 11) is -1.65. The van der Waals surface area contributed by atoms with E-state index in [1.165, 1.54) is 6.07 Å². The molecule has 0 fully saturated rings. The number of rotatable bonds is 6. The van der Waals surface area contributed by atoms with E-state index in [2.05, 4.69) is 10.0 Å². The number of nitrogens with zero attached hydrogens (tertiary/aromatic N) is 1. The predicted molar refractivity (Wildman–Crippen MR) is 129 cm³/mol. The zero-order chi connectivity index (χ0) is 24.6. The van der Waals surface area contributed by atoms with Crippen molar-refractivity contribution in [2.45, 2.75) is 58.3 Å². The summed E-state index contributed by atoms with van der Waals surface area (Å²) in [4.78, 5) is 15.4. The molecule has 0 aromatic heterocycles. The lowest BCUT2D eigenvalue weighted by Crippen LogP contribution is -2.47. The third-order valence-corrected chi connectivity index (χ3v) is 6.37. The van der Waals surface area contributed by atoms with E-state index in [1.807, 2.05) is 20.9 Å². The van der Waals surface area contributed by atoms with Crippen LogP contribution in [0.1, 0.15) is 50.4 Å². The van der Waals surface area contributed by atoms with E-state index >= 15 is 0 Å². The Kier molecular flexibility index (Phi) is 10.4. The highest BCUT2D eigenvalue weighted by Crippen LogP contribution is 2.28. The standard InChI is InChI=1S/C23H39N3O6S/c1-16-14-26(17(2)15-27)23(28)20-12-19(25-33(5,29)30)9-10-21(20)32-18(3)8-6-7-11-31-22(16)13-24-4/h9-10,12,16-18,22,24-25,27H,6-8,11,13-15H2,1-5H3/t16-,17-,18-,22-/m1/s1.